The normalized spacial score (nSPS) is 31.4. The van der Waals surface area contributed by atoms with Crippen molar-refractivity contribution >= 4 is 6.09 Å². The molecule has 2 unspecified atom stereocenters. The predicted molar refractivity (Wildman–Crippen MR) is 76.2 cm³/mol. The number of nitrogens with one attached hydrogen (secondary N) is 2. The van der Waals surface area contributed by atoms with Gasteiger partial charge in [0.1, 0.15) is 5.60 Å². The van der Waals surface area contributed by atoms with E-state index < -0.39 is 5.60 Å². The van der Waals surface area contributed by atoms with Crippen LogP contribution < -0.4 is 10.6 Å². The Morgan fingerprint density at radius 2 is 2.05 bits per heavy atom. The Bertz CT molecular complexity index is 317. The van der Waals surface area contributed by atoms with Gasteiger partial charge >= 0.3 is 6.09 Å². The molecule has 1 aliphatic carbocycles. The predicted octanol–water partition coefficient (Wildman–Crippen LogP) is 2.82. The third-order valence-corrected chi connectivity index (χ3v) is 4.38. The molecular formula is C15H28N2O2. The number of carbonyl (C=O) groups is 1. The van der Waals surface area contributed by atoms with E-state index in [4.69, 9.17) is 4.74 Å². The highest BCUT2D eigenvalue weighted by Crippen LogP contribution is 2.40. The van der Waals surface area contributed by atoms with Crippen LogP contribution in [0.5, 0.6) is 0 Å². The van der Waals surface area contributed by atoms with Gasteiger partial charge in [0.25, 0.3) is 0 Å². The zero-order valence-electron chi connectivity index (χ0n) is 12.6. The van der Waals surface area contributed by atoms with Crippen molar-refractivity contribution in [1.29, 1.82) is 0 Å². The van der Waals surface area contributed by atoms with Gasteiger partial charge in [-0.15, -0.1) is 0 Å². The summed E-state index contributed by atoms with van der Waals surface area (Å²) < 4.78 is 5.30. The maximum atomic E-state index is 11.7. The molecule has 1 saturated carbocycles. The maximum absolute atomic E-state index is 11.7. The molecule has 19 heavy (non-hydrogen) atoms. The summed E-state index contributed by atoms with van der Waals surface area (Å²) in [6, 6.07) is 0. The van der Waals surface area contributed by atoms with Crippen LogP contribution in [0, 0.1) is 5.92 Å². The highest BCUT2D eigenvalue weighted by atomic mass is 16.6. The Morgan fingerprint density at radius 3 is 2.68 bits per heavy atom. The lowest BCUT2D eigenvalue weighted by molar-refractivity contribution is 0.0506. The monoisotopic (exact) mass is 268 g/mol. The smallest absolute Gasteiger partial charge is 0.407 e. The van der Waals surface area contributed by atoms with Crippen molar-refractivity contribution in [2.45, 2.75) is 70.4 Å². The van der Waals surface area contributed by atoms with E-state index in [1.54, 1.807) is 0 Å². The molecule has 1 heterocycles. The minimum absolute atomic E-state index is 0.285. The molecule has 2 fully saturated rings. The SMILES string of the molecule is CC(C)(C)OC(=O)NCC1CCCC12CCCCN2. The number of piperidine rings is 1. The Hall–Kier alpha value is -0.770. The molecule has 0 aromatic heterocycles. The molecule has 1 saturated heterocycles. The summed E-state index contributed by atoms with van der Waals surface area (Å²) >= 11 is 0. The van der Waals surface area contributed by atoms with E-state index in [-0.39, 0.29) is 11.6 Å². The van der Waals surface area contributed by atoms with E-state index in [1.807, 2.05) is 20.8 Å². The van der Waals surface area contributed by atoms with Crippen molar-refractivity contribution in [3.8, 4) is 0 Å². The molecule has 4 heteroatoms. The fourth-order valence-electron chi connectivity index (χ4n) is 3.52. The van der Waals surface area contributed by atoms with Gasteiger partial charge in [-0.2, -0.15) is 0 Å². The molecule has 0 aromatic carbocycles. The zero-order chi connectivity index (χ0) is 13.9. The van der Waals surface area contributed by atoms with Gasteiger partial charge in [0.2, 0.25) is 0 Å². The van der Waals surface area contributed by atoms with Crippen molar-refractivity contribution in [3.63, 3.8) is 0 Å². The largest absolute Gasteiger partial charge is 0.444 e. The average molecular weight is 268 g/mol. The van der Waals surface area contributed by atoms with E-state index in [1.165, 1.54) is 38.5 Å². The minimum Gasteiger partial charge on any atom is -0.444 e. The Kier molecular flexibility index (Phi) is 4.39. The van der Waals surface area contributed by atoms with Gasteiger partial charge in [0.05, 0.1) is 0 Å². The maximum Gasteiger partial charge on any atom is 0.407 e. The molecule has 110 valence electrons. The number of alkyl carbamates (subject to hydrolysis) is 1. The second kappa shape index (κ2) is 5.70. The molecule has 0 radical (unpaired) electrons. The summed E-state index contributed by atoms with van der Waals surface area (Å²) in [5, 5.41) is 6.68. The number of carbonyl (C=O) groups excluding carboxylic acids is 1. The van der Waals surface area contributed by atoms with Crippen LogP contribution >= 0.6 is 0 Å². The van der Waals surface area contributed by atoms with E-state index in [0.717, 1.165) is 13.1 Å². The summed E-state index contributed by atoms with van der Waals surface area (Å²) in [6.07, 6.45) is 7.31. The molecule has 1 amide bonds. The van der Waals surface area contributed by atoms with Crippen molar-refractivity contribution in [1.82, 2.24) is 10.6 Å². The second-order valence-corrected chi connectivity index (χ2v) is 7.01. The number of hydrogen-bond donors (Lipinski definition) is 2. The van der Waals surface area contributed by atoms with E-state index >= 15 is 0 Å². The summed E-state index contributed by atoms with van der Waals surface area (Å²) in [7, 11) is 0. The van der Waals surface area contributed by atoms with Crippen molar-refractivity contribution in [2.24, 2.45) is 5.92 Å². The molecule has 0 aromatic rings. The lowest BCUT2D eigenvalue weighted by Crippen LogP contribution is -2.54. The first kappa shape index (κ1) is 14.6. The van der Waals surface area contributed by atoms with Gasteiger partial charge in [0, 0.05) is 12.1 Å². The third-order valence-electron chi connectivity index (χ3n) is 4.38. The van der Waals surface area contributed by atoms with Crippen LogP contribution in [0.15, 0.2) is 0 Å². The first-order chi connectivity index (χ1) is 8.91. The van der Waals surface area contributed by atoms with Crippen molar-refractivity contribution in [3.05, 3.63) is 0 Å². The summed E-state index contributed by atoms with van der Waals surface area (Å²) in [5.74, 6) is 0.556. The Balaban J connectivity index is 1.83. The average Bonchev–Trinajstić information content (AvgIpc) is 2.68. The molecule has 0 bridgehead atoms. The molecule has 2 rings (SSSR count). The van der Waals surface area contributed by atoms with Gasteiger partial charge in [-0.3, -0.25) is 0 Å². The lowest BCUT2D eigenvalue weighted by Gasteiger charge is -2.40. The fourth-order valence-corrected chi connectivity index (χ4v) is 3.52. The Morgan fingerprint density at radius 1 is 1.32 bits per heavy atom. The Labute approximate surface area is 116 Å². The quantitative estimate of drug-likeness (QED) is 0.809. The first-order valence-corrected chi connectivity index (χ1v) is 7.63. The topological polar surface area (TPSA) is 50.4 Å². The fraction of sp³-hybridized carbons (Fsp3) is 0.933. The molecule has 1 spiro atoms. The first-order valence-electron chi connectivity index (χ1n) is 7.63. The van der Waals surface area contributed by atoms with Crippen LogP contribution in [0.4, 0.5) is 4.79 Å². The van der Waals surface area contributed by atoms with E-state index in [9.17, 15) is 4.79 Å². The van der Waals surface area contributed by atoms with Crippen LogP contribution in [0.3, 0.4) is 0 Å². The van der Waals surface area contributed by atoms with Crippen LogP contribution in [-0.2, 0) is 4.74 Å². The van der Waals surface area contributed by atoms with Gasteiger partial charge in [-0.05, 0) is 58.9 Å². The molecule has 2 N–H and O–H groups in total. The summed E-state index contributed by atoms with van der Waals surface area (Å²) in [5.41, 5.74) is -0.131. The van der Waals surface area contributed by atoms with Gasteiger partial charge in [-0.25, -0.2) is 4.79 Å². The highest BCUT2D eigenvalue weighted by molar-refractivity contribution is 5.67. The van der Waals surface area contributed by atoms with Crippen molar-refractivity contribution < 1.29 is 9.53 Å². The van der Waals surface area contributed by atoms with Crippen LogP contribution in [-0.4, -0.2) is 30.3 Å². The standard InChI is InChI=1S/C15H28N2O2/c1-14(2,3)19-13(18)16-11-12-7-6-9-15(12)8-4-5-10-17-15/h12,17H,4-11H2,1-3H3,(H,16,18). The summed E-state index contributed by atoms with van der Waals surface area (Å²) in [6.45, 7) is 7.55. The number of rotatable bonds is 2. The molecule has 1 aliphatic heterocycles. The van der Waals surface area contributed by atoms with Gasteiger partial charge < -0.3 is 15.4 Å². The lowest BCUT2D eigenvalue weighted by atomic mass is 9.80. The zero-order valence-corrected chi connectivity index (χ0v) is 12.6. The number of ether oxygens (including phenoxy) is 1. The molecule has 2 atom stereocenters. The van der Waals surface area contributed by atoms with Gasteiger partial charge in [-0.1, -0.05) is 12.8 Å². The molecule has 2 aliphatic rings. The number of hydrogen-bond acceptors (Lipinski definition) is 3. The van der Waals surface area contributed by atoms with Crippen molar-refractivity contribution in [2.75, 3.05) is 13.1 Å². The summed E-state index contributed by atoms with van der Waals surface area (Å²) in [4.78, 5) is 11.7. The highest BCUT2D eigenvalue weighted by Gasteiger charge is 2.43. The number of amides is 1. The van der Waals surface area contributed by atoms with Crippen LogP contribution in [0.1, 0.15) is 59.3 Å². The van der Waals surface area contributed by atoms with Gasteiger partial charge in [0.15, 0.2) is 0 Å². The minimum atomic E-state index is -0.416. The molecule has 4 nitrogen and oxygen atoms in total. The second-order valence-electron chi connectivity index (χ2n) is 7.01. The van der Waals surface area contributed by atoms with E-state index in [2.05, 4.69) is 10.6 Å². The molecular weight excluding hydrogens is 240 g/mol. The third kappa shape index (κ3) is 3.85. The van der Waals surface area contributed by atoms with E-state index in [0.29, 0.717) is 5.92 Å². The van der Waals surface area contributed by atoms with Crippen LogP contribution in [0.2, 0.25) is 0 Å². The van der Waals surface area contributed by atoms with Crippen LogP contribution in [0.25, 0.3) is 0 Å².